The molecule has 740 valence electrons. The van der Waals surface area contributed by atoms with Crippen molar-refractivity contribution in [2.75, 3.05) is 78.6 Å². The Labute approximate surface area is 790 Å². The number of aliphatic hydroxyl groups is 3. The van der Waals surface area contributed by atoms with E-state index in [1.807, 2.05) is 34.6 Å². The maximum absolute atomic E-state index is 13.4. The minimum atomic E-state index is -4.62. The number of aliphatic hydroxyl groups excluding tert-OH is 3. The highest BCUT2D eigenvalue weighted by molar-refractivity contribution is 14.1. The SMILES string of the molecule is C#C[C@@H](CC)NC(=O)OC(C)(C)C.CC(C)(C)[Si](C)(C)OCCBr.CC[C@H](C#Cc1c(OCCO)cccc1C(F)(F)F)NC(=O)OC(C)(C)C.CC[C@H](CCc1c(OCCO)cccc1C(F)(F)F)NC(=O)OC(C)(C)C.COc1cccc(C(F)(F)F)c1.COc1cccc(C(F)(F)F)c1I.COc1cccc(C(F)(F)F)c1N.OCCOc1cccc(C(F)(F)F)c1I. The van der Waals surface area contributed by atoms with Crippen molar-refractivity contribution in [3.8, 4) is 58.7 Å². The summed E-state index contributed by atoms with van der Waals surface area (Å²) in [4.78, 5) is 34.9. The Morgan fingerprint density at radius 2 is 0.832 bits per heavy atom. The summed E-state index contributed by atoms with van der Waals surface area (Å²) in [5.74, 6) is 8.19. The van der Waals surface area contributed by atoms with Crippen LogP contribution in [-0.4, -0.2) is 150 Å². The fourth-order valence-electron chi connectivity index (χ4n) is 9.45. The number of nitrogens with one attached hydrogen (secondary N) is 3. The zero-order chi connectivity index (χ0) is 102. The standard InChI is InChI=1S/C19H28F3NO4.C19H24F3NO4.C10H17NO2.C9H8F3IO2.C8H19BrOSi.C8H6F3IO.C8H8F3NO.C8H7F3O/c2*1-5-13(23-17(25)27-18(2,3)4)9-10-14-15(19(20,21)22)7-6-8-16(14)26-12-11-24;1-6-8(7-2)11-9(12)13-10(3,4)5;10-9(11,12)6-2-1-3-7(8(6)13)15-5-4-14;1-8(2,3)11(4,5)10-7-6-9;2*1-13-6-4-2-3-5(7(6)12)8(9,10)11;1-12-7-4-2-3-6(5-7)8(9,10)11/h6-8,13,24H,5,9-12H2,1-4H3,(H,23,25);6-8,13,24H,5,11-12H2,1-4H3,(H,23,25);1,8H,7H2,2-5H3,(H,11,12);1-3,14H,4-5H2;6-7H2,1-5H3;2-4H,1H3;2-4H,12H2,1H3;2-5H,1H3/t2*13-;8-;;;;;/m110...../s1. The van der Waals surface area contributed by atoms with Gasteiger partial charge in [-0.05, 0) is 237 Å². The molecule has 0 bridgehead atoms. The number of amides is 3. The van der Waals surface area contributed by atoms with Gasteiger partial charge in [0.1, 0.15) is 71.1 Å². The molecule has 0 unspecified atom stereocenters. The first kappa shape index (κ1) is 125. The Balaban J connectivity index is 0. The van der Waals surface area contributed by atoms with Crippen molar-refractivity contribution in [1.82, 2.24) is 16.0 Å². The summed E-state index contributed by atoms with van der Waals surface area (Å²) in [7, 11) is 2.49. The third-order valence-corrected chi connectivity index (χ3v) is 23.7. The van der Waals surface area contributed by atoms with Crippen LogP contribution in [0.25, 0.3) is 0 Å². The van der Waals surface area contributed by atoms with Crippen molar-refractivity contribution in [3.63, 3.8) is 0 Å². The van der Waals surface area contributed by atoms with Gasteiger partial charge in [-0.1, -0.05) is 112 Å². The number of hydrogen-bond donors (Lipinski definition) is 7. The maximum Gasteiger partial charge on any atom is 0.418 e. The summed E-state index contributed by atoms with van der Waals surface area (Å²) < 4.78 is 278. The minimum Gasteiger partial charge on any atom is -0.497 e. The molecule has 0 aliphatic heterocycles. The number of alkyl halides is 19. The third-order valence-electron chi connectivity index (χ3n) is 16.6. The molecule has 20 nitrogen and oxygen atoms in total. The van der Waals surface area contributed by atoms with E-state index in [1.54, 1.807) is 93.6 Å². The molecule has 0 saturated carbocycles. The normalized spacial score (nSPS) is 12.4. The monoisotopic (exact) mass is 2200 g/mol. The Morgan fingerprint density at radius 1 is 0.466 bits per heavy atom. The number of halogens is 21. The molecule has 0 aromatic heterocycles. The number of nitrogen functional groups attached to an aromatic ring is 1. The number of ether oxygens (including phenoxy) is 9. The van der Waals surface area contributed by atoms with Gasteiger partial charge in [-0.15, -0.1) is 6.42 Å². The van der Waals surface area contributed by atoms with Crippen LogP contribution >= 0.6 is 61.1 Å². The molecule has 6 rings (SSSR count). The molecule has 131 heavy (non-hydrogen) atoms. The fraction of sp³-hybridized carbons (Fsp3) is 0.517. The zero-order valence-corrected chi connectivity index (χ0v) is 83.0. The number of rotatable bonds is 24. The van der Waals surface area contributed by atoms with Crippen molar-refractivity contribution < 1.29 is 156 Å². The van der Waals surface area contributed by atoms with E-state index in [0.29, 0.717) is 30.7 Å². The third kappa shape index (κ3) is 51.0. The number of anilines is 1. The highest BCUT2D eigenvalue weighted by Crippen LogP contribution is 2.43. The van der Waals surface area contributed by atoms with E-state index in [4.69, 9.17) is 65.1 Å². The van der Waals surface area contributed by atoms with Gasteiger partial charge in [-0.25, -0.2) is 14.4 Å². The molecule has 42 heteroatoms. The number of alkyl carbamates (subject to hydrolysis) is 3. The van der Waals surface area contributed by atoms with E-state index in [1.165, 1.54) is 94.1 Å². The molecule has 6 aromatic carbocycles. The van der Waals surface area contributed by atoms with Crippen molar-refractivity contribution in [2.24, 2.45) is 0 Å². The average molecular weight is 2200 g/mol. The van der Waals surface area contributed by atoms with Gasteiger partial charge in [0.15, 0.2) is 8.32 Å². The number of hydrogen-bond acceptors (Lipinski definition) is 17. The lowest BCUT2D eigenvalue weighted by Gasteiger charge is -2.35. The molecular formula is C89H117BrF18I2N4O16Si. The summed E-state index contributed by atoms with van der Waals surface area (Å²) in [6.45, 7) is 32.2. The quantitative estimate of drug-likeness (QED) is 0.00565. The van der Waals surface area contributed by atoms with Crippen LogP contribution in [0.4, 0.5) is 99.1 Å². The first-order valence-electron chi connectivity index (χ1n) is 39.8. The molecule has 3 amide bonds. The first-order valence-corrected chi connectivity index (χ1v) is 46.0. The van der Waals surface area contributed by atoms with Crippen LogP contribution in [0.1, 0.15) is 174 Å². The Bertz CT molecular complexity index is 4430. The fourth-order valence-corrected chi connectivity index (χ4v) is 12.7. The number of methoxy groups -OCH3 is 3. The lowest BCUT2D eigenvalue weighted by atomic mass is 9.97. The van der Waals surface area contributed by atoms with E-state index in [9.17, 15) is 93.4 Å². The molecule has 8 N–H and O–H groups in total. The van der Waals surface area contributed by atoms with Crippen molar-refractivity contribution in [3.05, 3.63) is 167 Å². The number of terminal acetylenes is 1. The van der Waals surface area contributed by atoms with E-state index >= 15 is 0 Å². The maximum atomic E-state index is 13.4. The Kier molecular flexibility index (Phi) is 55.2. The van der Waals surface area contributed by atoms with Crippen LogP contribution in [0.2, 0.25) is 18.1 Å². The minimum absolute atomic E-state index is 0.0102. The molecule has 0 heterocycles. The van der Waals surface area contributed by atoms with Gasteiger partial charge in [0.2, 0.25) is 0 Å². The molecular weight excluding hydrogens is 2080 g/mol. The van der Waals surface area contributed by atoms with Gasteiger partial charge in [0.25, 0.3) is 0 Å². The van der Waals surface area contributed by atoms with Gasteiger partial charge in [-0.3, -0.25) is 0 Å². The number of para-hydroxylation sites is 1. The summed E-state index contributed by atoms with van der Waals surface area (Å²) in [5, 5.41) is 35.3. The molecule has 0 saturated heterocycles. The second kappa shape index (κ2) is 58.0. The molecule has 0 spiro atoms. The smallest absolute Gasteiger partial charge is 0.418 e. The average Bonchev–Trinajstić information content (AvgIpc) is 0.817. The highest BCUT2D eigenvalue weighted by Gasteiger charge is 2.40. The number of nitrogens with two attached hydrogens (primary N) is 1. The predicted octanol–water partition coefficient (Wildman–Crippen LogP) is 24.4. The largest absolute Gasteiger partial charge is 0.497 e. The van der Waals surface area contributed by atoms with E-state index in [2.05, 4.69) is 93.0 Å². The van der Waals surface area contributed by atoms with Crippen molar-refractivity contribution in [2.45, 2.75) is 226 Å². The van der Waals surface area contributed by atoms with E-state index in [0.717, 1.165) is 54.4 Å². The summed E-state index contributed by atoms with van der Waals surface area (Å²) in [5.41, 5.74) is -1.97. The van der Waals surface area contributed by atoms with Crippen LogP contribution in [0, 0.1) is 31.3 Å². The topological polar surface area (TPSA) is 266 Å². The van der Waals surface area contributed by atoms with Gasteiger partial charge in [-0.2, -0.15) is 79.0 Å². The number of benzene rings is 6. The van der Waals surface area contributed by atoms with Crippen LogP contribution < -0.4 is 50.1 Å². The van der Waals surface area contributed by atoms with Gasteiger partial charge in [0, 0.05) is 23.5 Å². The predicted molar refractivity (Wildman–Crippen MR) is 487 cm³/mol. The molecule has 0 aliphatic carbocycles. The lowest BCUT2D eigenvalue weighted by molar-refractivity contribution is -0.139. The van der Waals surface area contributed by atoms with Gasteiger partial charge in [0.05, 0.1) is 105 Å². The summed E-state index contributed by atoms with van der Waals surface area (Å²) >= 11 is 6.57. The molecule has 0 fully saturated rings. The zero-order valence-electron chi connectivity index (χ0n) is 76.1. The van der Waals surface area contributed by atoms with Crippen molar-refractivity contribution in [1.29, 1.82) is 0 Å². The molecule has 0 radical (unpaired) electrons. The highest BCUT2D eigenvalue weighted by atomic mass is 127. The lowest BCUT2D eigenvalue weighted by Crippen LogP contribution is -2.41. The summed E-state index contributed by atoms with van der Waals surface area (Å²) in [6.07, 6.45) is -21.2. The number of carbonyl (C=O) groups is 3. The second-order valence-corrected chi connectivity index (χ2v) is 39.3. The van der Waals surface area contributed by atoms with E-state index in [-0.39, 0.29) is 117 Å². The Hall–Kier alpha value is -8.41. The molecule has 6 aromatic rings. The van der Waals surface area contributed by atoms with Crippen LogP contribution in [0.3, 0.4) is 0 Å². The van der Waals surface area contributed by atoms with E-state index < -0.39 is 120 Å². The van der Waals surface area contributed by atoms with Crippen molar-refractivity contribution >= 4 is 93.4 Å². The summed E-state index contributed by atoms with van der Waals surface area (Å²) in [6, 6.07) is 21.7. The second-order valence-electron chi connectivity index (χ2n) is 31.5. The van der Waals surface area contributed by atoms with Gasteiger partial charge >= 0.3 is 55.3 Å². The molecule has 3 atom stereocenters. The van der Waals surface area contributed by atoms with Crippen LogP contribution in [0.15, 0.2) is 115 Å². The van der Waals surface area contributed by atoms with Crippen LogP contribution in [-0.2, 0) is 62.1 Å². The van der Waals surface area contributed by atoms with Gasteiger partial charge < -0.3 is 84.1 Å². The number of carbonyl (C=O) groups excluding carboxylic acids is 3. The molecule has 0 aliphatic rings. The first-order chi connectivity index (χ1) is 60.1. The Morgan fingerprint density at radius 3 is 1.21 bits per heavy atom. The van der Waals surface area contributed by atoms with Crippen LogP contribution in [0.5, 0.6) is 34.5 Å².